The summed E-state index contributed by atoms with van der Waals surface area (Å²) in [6, 6.07) is 0. The van der Waals surface area contributed by atoms with Gasteiger partial charge in [-0.05, 0) is 6.92 Å². The van der Waals surface area contributed by atoms with E-state index in [1.54, 1.807) is 17.2 Å². The molecule has 19 heavy (non-hydrogen) atoms. The van der Waals surface area contributed by atoms with Gasteiger partial charge in [0, 0.05) is 24.5 Å². The fourth-order valence-corrected chi connectivity index (χ4v) is 3.43. The summed E-state index contributed by atoms with van der Waals surface area (Å²) in [4.78, 5) is 33.3. The van der Waals surface area contributed by atoms with Gasteiger partial charge in [0.1, 0.15) is 5.78 Å². The van der Waals surface area contributed by atoms with E-state index in [2.05, 4.69) is 16.6 Å². The van der Waals surface area contributed by atoms with Crippen molar-refractivity contribution in [2.45, 2.75) is 18.6 Å². The van der Waals surface area contributed by atoms with Gasteiger partial charge in [-0.3, -0.25) is 14.5 Å². The second-order valence-electron chi connectivity index (χ2n) is 3.96. The topological polar surface area (TPSA) is 62.6 Å². The molecule has 5 nitrogen and oxygen atoms in total. The minimum atomic E-state index is -0.379. The first kappa shape index (κ1) is 14.0. The van der Waals surface area contributed by atoms with E-state index in [0.29, 0.717) is 16.8 Å². The Kier molecular flexibility index (Phi) is 4.49. The van der Waals surface area contributed by atoms with E-state index in [9.17, 15) is 9.59 Å². The predicted molar refractivity (Wildman–Crippen MR) is 77.8 cm³/mol. The number of aliphatic imine (C=N–C) groups is 1. The third kappa shape index (κ3) is 3.30. The van der Waals surface area contributed by atoms with Crippen molar-refractivity contribution in [2.75, 3.05) is 6.54 Å². The summed E-state index contributed by atoms with van der Waals surface area (Å²) in [7, 11) is 0. The van der Waals surface area contributed by atoms with Crippen molar-refractivity contribution in [1.29, 1.82) is 0 Å². The number of amidine groups is 1. The fraction of sp³-hybridized carbons (Fsp3) is 0.333. The third-order valence-electron chi connectivity index (χ3n) is 2.42. The van der Waals surface area contributed by atoms with Crippen LogP contribution in [0.5, 0.6) is 0 Å². The van der Waals surface area contributed by atoms with Crippen LogP contribution >= 0.6 is 23.1 Å². The second kappa shape index (κ2) is 6.12. The fourth-order valence-electron chi connectivity index (χ4n) is 1.64. The molecule has 0 N–H and O–H groups in total. The summed E-state index contributed by atoms with van der Waals surface area (Å²) in [5.74, 6) is -0.0877. The zero-order valence-electron chi connectivity index (χ0n) is 10.4. The predicted octanol–water partition coefficient (Wildman–Crippen LogP) is 2.24. The van der Waals surface area contributed by atoms with Crippen LogP contribution in [0.15, 0.2) is 29.2 Å². The molecule has 2 rings (SSSR count). The summed E-state index contributed by atoms with van der Waals surface area (Å²) in [6.45, 7) is 5.52. The Morgan fingerprint density at radius 2 is 2.47 bits per heavy atom. The Bertz CT molecular complexity index is 525. The van der Waals surface area contributed by atoms with Crippen molar-refractivity contribution in [2.24, 2.45) is 4.99 Å². The number of thioether (sulfide) groups is 1. The van der Waals surface area contributed by atoms with Crippen molar-refractivity contribution >= 4 is 45.1 Å². The molecule has 1 aliphatic rings. The number of aromatic nitrogens is 1. The average molecular weight is 295 g/mol. The highest BCUT2D eigenvalue weighted by Gasteiger charge is 2.38. The molecule has 1 fully saturated rings. The standard InChI is InChI=1S/C12H13N3O2S2/c1-3-5-15-10(17)9(7-8(2)16)19-12(15)14-11-13-4-6-18-11/h3-4,6,9H,1,5,7H2,2H3. The monoisotopic (exact) mass is 295 g/mol. The molecule has 1 saturated heterocycles. The smallest absolute Gasteiger partial charge is 0.242 e. The Morgan fingerprint density at radius 1 is 1.68 bits per heavy atom. The largest absolute Gasteiger partial charge is 0.300 e. The summed E-state index contributed by atoms with van der Waals surface area (Å²) in [6.07, 6.45) is 3.54. The Balaban J connectivity index is 2.23. The molecule has 0 bridgehead atoms. The van der Waals surface area contributed by atoms with Crippen molar-refractivity contribution in [3.8, 4) is 0 Å². The molecule has 1 aromatic heterocycles. The minimum Gasteiger partial charge on any atom is -0.300 e. The first-order chi connectivity index (χ1) is 9.11. The summed E-state index contributed by atoms with van der Waals surface area (Å²) in [5, 5.41) is 2.64. The molecule has 1 aliphatic heterocycles. The van der Waals surface area contributed by atoms with Crippen molar-refractivity contribution < 1.29 is 9.59 Å². The number of carbonyl (C=O) groups is 2. The molecule has 1 unspecified atom stereocenters. The SMILES string of the molecule is C=CCN1C(=O)C(CC(C)=O)SC1=Nc1nccs1. The molecule has 2 heterocycles. The number of Topliss-reactive ketones (excluding diaryl/α,β-unsaturated/α-hetero) is 1. The third-order valence-corrected chi connectivity index (χ3v) is 4.26. The molecule has 1 aromatic rings. The van der Waals surface area contributed by atoms with Crippen LogP contribution in [0.3, 0.4) is 0 Å². The quantitative estimate of drug-likeness (QED) is 0.782. The van der Waals surface area contributed by atoms with Gasteiger partial charge in [0.05, 0.1) is 5.25 Å². The normalized spacial score (nSPS) is 21.1. The van der Waals surface area contributed by atoms with Gasteiger partial charge in [-0.25, -0.2) is 4.98 Å². The Morgan fingerprint density at radius 3 is 3.05 bits per heavy atom. The van der Waals surface area contributed by atoms with E-state index in [1.807, 2.05) is 5.38 Å². The Hall–Kier alpha value is -1.47. The van der Waals surface area contributed by atoms with E-state index in [-0.39, 0.29) is 23.4 Å². The molecule has 100 valence electrons. The lowest BCUT2D eigenvalue weighted by molar-refractivity contribution is -0.128. The van der Waals surface area contributed by atoms with Gasteiger partial charge in [-0.15, -0.1) is 17.9 Å². The van der Waals surface area contributed by atoms with Crippen molar-refractivity contribution in [1.82, 2.24) is 9.88 Å². The molecule has 0 aliphatic carbocycles. The van der Waals surface area contributed by atoms with E-state index < -0.39 is 0 Å². The minimum absolute atomic E-state index is 0.0000910. The van der Waals surface area contributed by atoms with Gasteiger partial charge in [-0.1, -0.05) is 17.8 Å². The van der Waals surface area contributed by atoms with Crippen LogP contribution in [-0.2, 0) is 9.59 Å². The average Bonchev–Trinajstić information content (AvgIpc) is 2.94. The molecule has 7 heteroatoms. The summed E-state index contributed by atoms with van der Waals surface area (Å²) < 4.78 is 0. The molecule has 0 spiro atoms. The van der Waals surface area contributed by atoms with E-state index in [0.717, 1.165) is 0 Å². The van der Waals surface area contributed by atoms with Crippen molar-refractivity contribution in [3.05, 3.63) is 24.2 Å². The van der Waals surface area contributed by atoms with Crippen molar-refractivity contribution in [3.63, 3.8) is 0 Å². The summed E-state index contributed by atoms with van der Waals surface area (Å²) in [5.41, 5.74) is 0. The van der Waals surface area contributed by atoms with E-state index in [1.165, 1.54) is 30.0 Å². The van der Waals surface area contributed by atoms with E-state index in [4.69, 9.17) is 0 Å². The van der Waals surface area contributed by atoms with Crippen LogP contribution < -0.4 is 0 Å². The molecule has 0 aromatic carbocycles. The van der Waals surface area contributed by atoms with Gasteiger partial charge < -0.3 is 0 Å². The number of hydrogen-bond acceptors (Lipinski definition) is 6. The first-order valence-corrected chi connectivity index (χ1v) is 7.44. The highest BCUT2D eigenvalue weighted by atomic mass is 32.2. The lowest BCUT2D eigenvalue weighted by Crippen LogP contribution is -2.32. The van der Waals surface area contributed by atoms with Gasteiger partial charge in [-0.2, -0.15) is 4.99 Å². The lowest BCUT2D eigenvalue weighted by Gasteiger charge is -2.12. The van der Waals surface area contributed by atoms with Gasteiger partial charge in [0.15, 0.2) is 5.17 Å². The lowest BCUT2D eigenvalue weighted by atomic mass is 10.2. The number of carbonyl (C=O) groups excluding carboxylic acids is 2. The van der Waals surface area contributed by atoms with Gasteiger partial charge in [0.25, 0.3) is 0 Å². The highest BCUT2D eigenvalue weighted by molar-refractivity contribution is 8.15. The van der Waals surface area contributed by atoms with Gasteiger partial charge >= 0.3 is 0 Å². The van der Waals surface area contributed by atoms with Crippen LogP contribution in [0.25, 0.3) is 0 Å². The second-order valence-corrected chi connectivity index (χ2v) is 6.00. The zero-order chi connectivity index (χ0) is 13.8. The van der Waals surface area contributed by atoms with Crippen LogP contribution in [0.4, 0.5) is 5.13 Å². The number of nitrogens with zero attached hydrogens (tertiary/aromatic N) is 3. The molecular formula is C12H13N3O2S2. The molecule has 1 atom stereocenters. The zero-order valence-corrected chi connectivity index (χ0v) is 12.0. The van der Waals surface area contributed by atoms with Crippen LogP contribution in [0.2, 0.25) is 0 Å². The van der Waals surface area contributed by atoms with Crippen LogP contribution in [-0.4, -0.2) is 38.5 Å². The number of amides is 1. The maximum atomic E-state index is 12.2. The first-order valence-electron chi connectivity index (χ1n) is 5.68. The number of rotatable bonds is 5. The molecule has 0 radical (unpaired) electrons. The van der Waals surface area contributed by atoms with Crippen LogP contribution in [0.1, 0.15) is 13.3 Å². The molecule has 0 saturated carbocycles. The maximum absolute atomic E-state index is 12.2. The number of thiazole rings is 1. The maximum Gasteiger partial charge on any atom is 0.242 e. The number of hydrogen-bond donors (Lipinski definition) is 0. The Labute approximate surface area is 119 Å². The molecular weight excluding hydrogens is 282 g/mol. The highest BCUT2D eigenvalue weighted by Crippen LogP contribution is 2.31. The number of ketones is 1. The summed E-state index contributed by atoms with van der Waals surface area (Å²) >= 11 is 2.72. The van der Waals surface area contributed by atoms with Crippen LogP contribution in [0, 0.1) is 0 Å². The van der Waals surface area contributed by atoms with Gasteiger partial charge in [0.2, 0.25) is 11.0 Å². The van der Waals surface area contributed by atoms with E-state index >= 15 is 0 Å². The molecule has 1 amide bonds.